The van der Waals surface area contributed by atoms with Gasteiger partial charge >= 0.3 is 0 Å². The highest BCUT2D eigenvalue weighted by atomic mass is 16.4. The molecule has 14 heavy (non-hydrogen) atoms. The molecule has 3 heteroatoms. The number of rotatable bonds is 1. The average Bonchev–Trinajstić information content (AvgIpc) is 2.56. The van der Waals surface area contributed by atoms with E-state index in [2.05, 4.69) is 29.2 Å². The topological polar surface area (TPSA) is 35.8 Å². The molecule has 1 unspecified atom stereocenters. The van der Waals surface area contributed by atoms with Crippen molar-refractivity contribution in [2.75, 3.05) is 18.5 Å². The van der Waals surface area contributed by atoms with Crippen LogP contribution in [-0.4, -0.2) is 24.5 Å². The Kier molecular flexibility index (Phi) is 2.15. The van der Waals surface area contributed by atoms with Crippen molar-refractivity contribution in [1.29, 1.82) is 0 Å². The zero-order valence-corrected chi connectivity index (χ0v) is 8.44. The minimum atomic E-state index is 0.237. The summed E-state index contributed by atoms with van der Waals surface area (Å²) in [5.74, 6) is 0.237. The van der Waals surface area contributed by atoms with Crippen molar-refractivity contribution in [2.45, 2.75) is 12.8 Å². The lowest BCUT2D eigenvalue weighted by Crippen LogP contribution is -2.18. The van der Waals surface area contributed by atoms with E-state index in [9.17, 15) is 0 Å². The molecule has 0 bridgehead atoms. The molecule has 0 amide bonds. The number of likely N-dealkylation sites (N-methyl/N-ethyl adjacent to an activating group) is 1. The molecule has 0 fully saturated rings. The van der Waals surface area contributed by atoms with E-state index in [0.717, 1.165) is 12.3 Å². The van der Waals surface area contributed by atoms with Gasteiger partial charge in [-0.05, 0) is 18.6 Å². The van der Waals surface area contributed by atoms with Gasteiger partial charge in [-0.3, -0.25) is 0 Å². The second-order valence-electron chi connectivity index (χ2n) is 3.73. The highest BCUT2D eigenvalue weighted by Crippen LogP contribution is 2.35. The third kappa shape index (κ3) is 1.25. The molecule has 1 aromatic rings. The lowest BCUT2D eigenvalue weighted by Gasteiger charge is -2.11. The molecule has 1 aliphatic heterocycles. The van der Waals surface area contributed by atoms with Crippen molar-refractivity contribution in [3.63, 3.8) is 0 Å². The van der Waals surface area contributed by atoms with Crippen LogP contribution < -0.4 is 4.90 Å². The number of hydrogen-bond donors (Lipinski definition) is 1. The number of hydrogen-bond acceptors (Lipinski definition) is 3. The van der Waals surface area contributed by atoms with E-state index in [1.165, 1.54) is 11.3 Å². The van der Waals surface area contributed by atoms with Crippen LogP contribution in [0.4, 0.5) is 5.69 Å². The van der Waals surface area contributed by atoms with E-state index in [1.807, 2.05) is 19.1 Å². The van der Waals surface area contributed by atoms with Crippen molar-refractivity contribution in [3.05, 3.63) is 29.8 Å². The van der Waals surface area contributed by atoms with Gasteiger partial charge in [-0.1, -0.05) is 23.4 Å². The molecular formula is C11H14N2O. The Hall–Kier alpha value is -1.51. The van der Waals surface area contributed by atoms with Gasteiger partial charge in [-0.15, -0.1) is 0 Å². The maximum Gasteiger partial charge on any atom is 0.0633 e. The molecule has 0 saturated carbocycles. The summed E-state index contributed by atoms with van der Waals surface area (Å²) >= 11 is 0. The van der Waals surface area contributed by atoms with Crippen LogP contribution in [0.15, 0.2) is 29.4 Å². The van der Waals surface area contributed by atoms with E-state index in [0.29, 0.717) is 0 Å². The standard InChI is InChI=1S/C11H14N2O/c1-8(12-14)10-7-13(2)11-6-4-3-5-9(10)11/h3-6,10,14H,7H2,1-2H3/b12-8-. The Morgan fingerprint density at radius 3 is 2.93 bits per heavy atom. The Morgan fingerprint density at radius 1 is 1.50 bits per heavy atom. The number of fused-ring (bicyclic) bond motifs is 1. The molecule has 0 aliphatic carbocycles. The fraction of sp³-hybridized carbons (Fsp3) is 0.364. The van der Waals surface area contributed by atoms with E-state index in [-0.39, 0.29) is 5.92 Å². The lowest BCUT2D eigenvalue weighted by molar-refractivity contribution is 0.316. The third-order valence-electron chi connectivity index (χ3n) is 2.84. The van der Waals surface area contributed by atoms with Crippen LogP contribution in [-0.2, 0) is 0 Å². The van der Waals surface area contributed by atoms with E-state index in [1.54, 1.807) is 0 Å². The first-order chi connectivity index (χ1) is 6.74. The van der Waals surface area contributed by atoms with Crippen LogP contribution in [0.1, 0.15) is 18.4 Å². The number of benzene rings is 1. The number of para-hydroxylation sites is 1. The molecule has 1 aliphatic rings. The molecule has 0 aromatic heterocycles. The quantitative estimate of drug-likeness (QED) is 0.418. The molecule has 0 spiro atoms. The fourth-order valence-corrected chi connectivity index (χ4v) is 2.03. The van der Waals surface area contributed by atoms with Gasteiger partial charge in [0.05, 0.1) is 5.71 Å². The first kappa shape index (κ1) is 9.06. The number of anilines is 1. The van der Waals surface area contributed by atoms with Gasteiger partial charge in [0.1, 0.15) is 0 Å². The Balaban J connectivity index is 2.44. The van der Waals surface area contributed by atoms with Crippen LogP contribution in [0.5, 0.6) is 0 Å². The maximum atomic E-state index is 8.78. The number of nitrogens with zero attached hydrogens (tertiary/aromatic N) is 2. The van der Waals surface area contributed by atoms with Gasteiger partial charge in [0.25, 0.3) is 0 Å². The molecular weight excluding hydrogens is 176 g/mol. The van der Waals surface area contributed by atoms with Crippen molar-refractivity contribution < 1.29 is 5.21 Å². The summed E-state index contributed by atoms with van der Waals surface area (Å²) in [5, 5.41) is 12.1. The first-order valence-corrected chi connectivity index (χ1v) is 4.72. The molecule has 1 N–H and O–H groups in total. The number of oxime groups is 1. The highest BCUT2D eigenvalue weighted by molar-refractivity contribution is 5.92. The third-order valence-corrected chi connectivity index (χ3v) is 2.84. The van der Waals surface area contributed by atoms with Crippen LogP contribution in [0.2, 0.25) is 0 Å². The van der Waals surface area contributed by atoms with Gasteiger partial charge in [-0.2, -0.15) is 0 Å². The van der Waals surface area contributed by atoms with Gasteiger partial charge in [-0.25, -0.2) is 0 Å². The summed E-state index contributed by atoms with van der Waals surface area (Å²) < 4.78 is 0. The maximum absolute atomic E-state index is 8.78. The van der Waals surface area contributed by atoms with Crippen LogP contribution in [0.3, 0.4) is 0 Å². The summed E-state index contributed by atoms with van der Waals surface area (Å²) in [4.78, 5) is 2.19. The summed E-state index contributed by atoms with van der Waals surface area (Å²) in [6.07, 6.45) is 0. The highest BCUT2D eigenvalue weighted by Gasteiger charge is 2.27. The summed E-state index contributed by atoms with van der Waals surface area (Å²) in [6, 6.07) is 8.25. The molecule has 1 atom stereocenters. The normalized spacial score (nSPS) is 21.1. The Morgan fingerprint density at radius 2 is 2.21 bits per heavy atom. The zero-order chi connectivity index (χ0) is 10.1. The van der Waals surface area contributed by atoms with Crippen LogP contribution in [0, 0.1) is 0 Å². The van der Waals surface area contributed by atoms with Crippen molar-refractivity contribution >= 4 is 11.4 Å². The second kappa shape index (κ2) is 3.33. The minimum Gasteiger partial charge on any atom is -0.411 e. The smallest absolute Gasteiger partial charge is 0.0633 e. The first-order valence-electron chi connectivity index (χ1n) is 4.72. The molecule has 0 saturated heterocycles. The van der Waals surface area contributed by atoms with Crippen molar-refractivity contribution in [2.24, 2.45) is 5.16 Å². The largest absolute Gasteiger partial charge is 0.411 e. The lowest BCUT2D eigenvalue weighted by atomic mass is 9.97. The van der Waals surface area contributed by atoms with Gasteiger partial charge < -0.3 is 10.1 Å². The van der Waals surface area contributed by atoms with E-state index >= 15 is 0 Å². The predicted octanol–water partition coefficient (Wildman–Crippen LogP) is 2.07. The van der Waals surface area contributed by atoms with E-state index < -0.39 is 0 Å². The average molecular weight is 190 g/mol. The summed E-state index contributed by atoms with van der Waals surface area (Å²) in [7, 11) is 2.06. The Bertz CT molecular complexity index is 373. The fourth-order valence-electron chi connectivity index (χ4n) is 2.03. The van der Waals surface area contributed by atoms with Gasteiger partial charge in [0.2, 0.25) is 0 Å². The van der Waals surface area contributed by atoms with Crippen molar-refractivity contribution in [1.82, 2.24) is 0 Å². The molecule has 74 valence electrons. The van der Waals surface area contributed by atoms with Gasteiger partial charge in [0, 0.05) is 25.2 Å². The van der Waals surface area contributed by atoms with E-state index in [4.69, 9.17) is 5.21 Å². The molecule has 1 heterocycles. The van der Waals surface area contributed by atoms with Crippen molar-refractivity contribution in [3.8, 4) is 0 Å². The monoisotopic (exact) mass is 190 g/mol. The van der Waals surface area contributed by atoms with Crippen LogP contribution >= 0.6 is 0 Å². The molecule has 2 rings (SSSR count). The molecule has 0 radical (unpaired) electrons. The Labute approximate surface area is 83.7 Å². The second-order valence-corrected chi connectivity index (χ2v) is 3.73. The molecule has 1 aromatic carbocycles. The molecule has 3 nitrogen and oxygen atoms in total. The minimum absolute atomic E-state index is 0.237. The predicted molar refractivity (Wildman–Crippen MR) is 57.3 cm³/mol. The zero-order valence-electron chi connectivity index (χ0n) is 8.44. The summed E-state index contributed by atoms with van der Waals surface area (Å²) in [6.45, 7) is 2.76. The SMILES string of the molecule is C/C(=N/O)C1CN(C)c2ccccc21. The summed E-state index contributed by atoms with van der Waals surface area (Å²) in [5.41, 5.74) is 3.27. The van der Waals surface area contributed by atoms with Crippen LogP contribution in [0.25, 0.3) is 0 Å². The van der Waals surface area contributed by atoms with Gasteiger partial charge in [0.15, 0.2) is 0 Å².